The molecule has 0 saturated heterocycles. The summed E-state index contributed by atoms with van der Waals surface area (Å²) in [6.45, 7) is 3.01. The lowest BCUT2D eigenvalue weighted by Gasteiger charge is -2.15. The Morgan fingerprint density at radius 2 is 2.00 bits per heavy atom. The molecule has 0 atom stereocenters. The first-order valence-electron chi connectivity index (χ1n) is 6.92. The lowest BCUT2D eigenvalue weighted by atomic mass is 10.2. The molecule has 1 aromatic rings. The molecule has 1 aromatic carbocycles. The van der Waals surface area contributed by atoms with Crippen molar-refractivity contribution >= 4 is 11.6 Å². The first kappa shape index (κ1) is 16.6. The maximum absolute atomic E-state index is 11.8. The Labute approximate surface area is 121 Å². The third kappa shape index (κ3) is 6.65. The molecular weight excluding hydrogens is 254 g/mol. The van der Waals surface area contributed by atoms with E-state index in [0.717, 1.165) is 37.4 Å². The fraction of sp³-hybridized carbons (Fsp3) is 0.533. The fourth-order valence-electron chi connectivity index (χ4n) is 1.82. The molecule has 0 spiro atoms. The number of rotatable bonds is 9. The summed E-state index contributed by atoms with van der Waals surface area (Å²) in [5.41, 5.74) is 7.41. The monoisotopic (exact) mass is 279 g/mol. The number of benzene rings is 1. The van der Waals surface area contributed by atoms with E-state index in [1.165, 1.54) is 0 Å². The summed E-state index contributed by atoms with van der Waals surface area (Å²) >= 11 is 0. The molecule has 5 heteroatoms. The normalized spacial score (nSPS) is 10.8. The van der Waals surface area contributed by atoms with Crippen molar-refractivity contribution in [1.29, 1.82) is 0 Å². The predicted molar refractivity (Wildman–Crippen MR) is 81.6 cm³/mol. The quantitative estimate of drug-likeness (QED) is 0.718. The van der Waals surface area contributed by atoms with E-state index in [1.54, 1.807) is 7.11 Å². The number of likely N-dealkylation sites (N-methyl/N-ethyl adjacent to an activating group) is 1. The van der Waals surface area contributed by atoms with E-state index in [2.05, 4.69) is 10.2 Å². The zero-order chi connectivity index (χ0) is 14.8. The van der Waals surface area contributed by atoms with Crippen LogP contribution in [0, 0.1) is 0 Å². The maximum atomic E-state index is 11.8. The van der Waals surface area contributed by atoms with Crippen molar-refractivity contribution in [3.8, 4) is 0 Å². The van der Waals surface area contributed by atoms with Crippen LogP contribution >= 0.6 is 0 Å². The Hall–Kier alpha value is -1.43. The molecule has 1 rings (SSSR count). The van der Waals surface area contributed by atoms with Gasteiger partial charge in [0.25, 0.3) is 0 Å². The molecule has 20 heavy (non-hydrogen) atoms. The molecule has 0 fully saturated rings. The van der Waals surface area contributed by atoms with Gasteiger partial charge in [-0.05, 0) is 37.7 Å². The van der Waals surface area contributed by atoms with Crippen molar-refractivity contribution in [2.75, 3.05) is 39.2 Å². The van der Waals surface area contributed by atoms with Crippen LogP contribution in [0.4, 0.5) is 5.69 Å². The smallest absolute Gasteiger partial charge is 0.224 e. The third-order valence-electron chi connectivity index (χ3n) is 3.09. The van der Waals surface area contributed by atoms with E-state index in [9.17, 15) is 4.79 Å². The number of carbonyl (C=O) groups is 1. The van der Waals surface area contributed by atoms with Gasteiger partial charge in [0.05, 0.1) is 6.61 Å². The second-order valence-electron chi connectivity index (χ2n) is 4.85. The van der Waals surface area contributed by atoms with Crippen LogP contribution in [-0.2, 0) is 16.1 Å². The van der Waals surface area contributed by atoms with Crippen LogP contribution < -0.4 is 11.1 Å². The topological polar surface area (TPSA) is 67.6 Å². The Morgan fingerprint density at radius 3 is 2.60 bits per heavy atom. The van der Waals surface area contributed by atoms with Crippen molar-refractivity contribution in [3.05, 3.63) is 29.8 Å². The van der Waals surface area contributed by atoms with E-state index in [-0.39, 0.29) is 5.91 Å². The molecule has 0 aliphatic rings. The Morgan fingerprint density at radius 1 is 1.30 bits per heavy atom. The summed E-state index contributed by atoms with van der Waals surface area (Å²) in [6.07, 6.45) is 1.36. The fourth-order valence-corrected chi connectivity index (χ4v) is 1.82. The van der Waals surface area contributed by atoms with Gasteiger partial charge in [0.2, 0.25) is 5.91 Å². The molecule has 0 radical (unpaired) electrons. The average Bonchev–Trinajstić information content (AvgIpc) is 2.46. The number of nitrogens with zero attached hydrogens (tertiary/aromatic N) is 1. The number of hydrogen-bond donors (Lipinski definition) is 2. The van der Waals surface area contributed by atoms with Gasteiger partial charge < -0.3 is 20.7 Å². The summed E-state index contributed by atoms with van der Waals surface area (Å²) in [5, 5.41) is 2.89. The van der Waals surface area contributed by atoms with Gasteiger partial charge in [0, 0.05) is 32.3 Å². The first-order valence-corrected chi connectivity index (χ1v) is 6.92. The van der Waals surface area contributed by atoms with Gasteiger partial charge in [-0.25, -0.2) is 0 Å². The van der Waals surface area contributed by atoms with Crippen molar-refractivity contribution in [1.82, 2.24) is 4.90 Å². The largest absolute Gasteiger partial charge is 0.383 e. The van der Waals surface area contributed by atoms with Gasteiger partial charge in [-0.3, -0.25) is 4.79 Å². The van der Waals surface area contributed by atoms with Crippen LogP contribution in [-0.4, -0.2) is 44.7 Å². The number of methoxy groups -OCH3 is 1. The molecule has 1 amide bonds. The van der Waals surface area contributed by atoms with Gasteiger partial charge in [0.15, 0.2) is 0 Å². The molecule has 0 bridgehead atoms. The van der Waals surface area contributed by atoms with Gasteiger partial charge >= 0.3 is 0 Å². The molecule has 5 nitrogen and oxygen atoms in total. The molecule has 0 aromatic heterocycles. The molecule has 112 valence electrons. The van der Waals surface area contributed by atoms with Gasteiger partial charge in [0.1, 0.15) is 0 Å². The molecule has 0 aliphatic heterocycles. The van der Waals surface area contributed by atoms with E-state index in [1.807, 2.05) is 31.3 Å². The van der Waals surface area contributed by atoms with Crippen LogP contribution in [0.1, 0.15) is 18.4 Å². The zero-order valence-corrected chi connectivity index (χ0v) is 12.4. The van der Waals surface area contributed by atoms with Crippen LogP contribution in [0.2, 0.25) is 0 Å². The van der Waals surface area contributed by atoms with E-state index >= 15 is 0 Å². The first-order chi connectivity index (χ1) is 9.65. The van der Waals surface area contributed by atoms with E-state index < -0.39 is 0 Å². The van der Waals surface area contributed by atoms with E-state index in [4.69, 9.17) is 10.5 Å². The van der Waals surface area contributed by atoms with Crippen molar-refractivity contribution in [2.45, 2.75) is 19.4 Å². The SMILES string of the molecule is COCCN(C)CCCC(=O)Nc1ccc(CN)cc1. The molecule has 0 saturated carbocycles. The number of nitrogens with two attached hydrogens (primary N) is 1. The van der Waals surface area contributed by atoms with Crippen LogP contribution in [0.15, 0.2) is 24.3 Å². The van der Waals surface area contributed by atoms with Crippen molar-refractivity contribution in [3.63, 3.8) is 0 Å². The number of hydrogen-bond acceptors (Lipinski definition) is 4. The zero-order valence-electron chi connectivity index (χ0n) is 12.4. The lowest BCUT2D eigenvalue weighted by molar-refractivity contribution is -0.116. The van der Waals surface area contributed by atoms with Crippen LogP contribution in [0.25, 0.3) is 0 Å². The highest BCUT2D eigenvalue weighted by molar-refractivity contribution is 5.90. The Bertz CT molecular complexity index is 393. The highest BCUT2D eigenvalue weighted by Gasteiger charge is 2.04. The van der Waals surface area contributed by atoms with Gasteiger partial charge in [-0.1, -0.05) is 12.1 Å². The molecule has 0 aliphatic carbocycles. The van der Waals surface area contributed by atoms with Crippen LogP contribution in [0.5, 0.6) is 0 Å². The number of nitrogens with one attached hydrogen (secondary N) is 1. The Balaban J connectivity index is 2.22. The second-order valence-corrected chi connectivity index (χ2v) is 4.85. The minimum Gasteiger partial charge on any atom is -0.383 e. The molecule has 0 heterocycles. The number of carbonyl (C=O) groups excluding carboxylic acids is 1. The standard InChI is InChI=1S/C15H25N3O2/c1-18(10-11-20-2)9-3-4-15(19)17-14-7-5-13(12-16)6-8-14/h5-8H,3-4,9-12,16H2,1-2H3,(H,17,19). The molecular formula is C15H25N3O2. The van der Waals surface area contributed by atoms with Crippen LogP contribution in [0.3, 0.4) is 0 Å². The van der Waals surface area contributed by atoms with E-state index in [0.29, 0.717) is 13.0 Å². The summed E-state index contributed by atoms with van der Waals surface area (Å²) in [4.78, 5) is 13.9. The van der Waals surface area contributed by atoms with Gasteiger partial charge in [-0.15, -0.1) is 0 Å². The molecule has 0 unspecified atom stereocenters. The average molecular weight is 279 g/mol. The summed E-state index contributed by atoms with van der Waals surface area (Å²) in [7, 11) is 3.72. The van der Waals surface area contributed by atoms with Crippen molar-refractivity contribution < 1.29 is 9.53 Å². The van der Waals surface area contributed by atoms with Crippen molar-refractivity contribution in [2.24, 2.45) is 5.73 Å². The maximum Gasteiger partial charge on any atom is 0.224 e. The molecule has 3 N–H and O–H groups in total. The van der Waals surface area contributed by atoms with Gasteiger partial charge in [-0.2, -0.15) is 0 Å². The summed E-state index contributed by atoms with van der Waals surface area (Å²) in [5.74, 6) is 0.0469. The summed E-state index contributed by atoms with van der Waals surface area (Å²) in [6, 6.07) is 7.61. The number of amides is 1. The second kappa shape index (κ2) is 9.47. The highest BCUT2D eigenvalue weighted by atomic mass is 16.5. The Kier molecular flexibility index (Phi) is 7.87. The number of anilines is 1. The third-order valence-corrected chi connectivity index (χ3v) is 3.09. The highest BCUT2D eigenvalue weighted by Crippen LogP contribution is 2.09. The number of ether oxygens (including phenoxy) is 1. The predicted octanol–water partition coefficient (Wildman–Crippen LogP) is 1.44. The lowest BCUT2D eigenvalue weighted by Crippen LogP contribution is -2.25. The minimum atomic E-state index is 0.0469. The summed E-state index contributed by atoms with van der Waals surface area (Å²) < 4.78 is 5.01. The minimum absolute atomic E-state index is 0.0469.